The van der Waals surface area contributed by atoms with E-state index < -0.39 is 34.3 Å². The summed E-state index contributed by atoms with van der Waals surface area (Å²) in [6.45, 7) is 6.72. The van der Waals surface area contributed by atoms with Crippen LogP contribution >= 0.6 is 11.8 Å². The van der Waals surface area contributed by atoms with Crippen LogP contribution in [-0.2, 0) is 28.7 Å². The summed E-state index contributed by atoms with van der Waals surface area (Å²) in [5, 5.41) is 2.11. The number of ether oxygens (including phenoxy) is 2. The van der Waals surface area contributed by atoms with E-state index >= 15 is 0 Å². The lowest BCUT2D eigenvalue weighted by Gasteiger charge is -2.31. The van der Waals surface area contributed by atoms with Gasteiger partial charge in [-0.3, -0.25) is 14.4 Å². The molecule has 0 aliphatic carbocycles. The number of carbonyl (C=O) groups is 4. The molecular weight excluding hydrogens is 310 g/mol. The molecule has 0 aromatic rings. The molecule has 1 atom stereocenters. The molecule has 0 aliphatic heterocycles. The molecule has 8 heteroatoms. The first kappa shape index (κ1) is 20.4. The quantitative estimate of drug-likeness (QED) is 0.523. The van der Waals surface area contributed by atoms with Crippen LogP contribution in [0.15, 0.2) is 0 Å². The number of hydrogen-bond acceptors (Lipinski definition) is 7. The highest BCUT2D eigenvalue weighted by molar-refractivity contribution is 8.14. The first-order valence-electron chi connectivity index (χ1n) is 6.92. The van der Waals surface area contributed by atoms with Crippen LogP contribution in [0.2, 0.25) is 0 Å². The van der Waals surface area contributed by atoms with Crippen LogP contribution in [0, 0.1) is 0 Å². The van der Waals surface area contributed by atoms with Crippen LogP contribution < -0.4 is 5.32 Å². The summed E-state index contributed by atoms with van der Waals surface area (Å²) in [7, 11) is 1.19. The smallest absolute Gasteiger partial charge is 0.330 e. The fourth-order valence-corrected chi connectivity index (χ4v) is 2.63. The largest absolute Gasteiger partial charge is 0.469 e. The summed E-state index contributed by atoms with van der Waals surface area (Å²) in [6.07, 6.45) is -0.200. The maximum Gasteiger partial charge on any atom is 0.330 e. The summed E-state index contributed by atoms with van der Waals surface area (Å²) in [4.78, 5) is 46.6. The SMILES string of the molecule is CCOC(=O)C(NC(=O)CC)C(C)(C)SC(=O)CC(=O)OC. The Hall–Kier alpha value is -1.57. The monoisotopic (exact) mass is 333 g/mol. The zero-order valence-corrected chi connectivity index (χ0v) is 14.4. The molecular formula is C14H23NO6S. The predicted octanol–water partition coefficient (Wildman–Crippen LogP) is 1.05. The molecule has 0 rings (SSSR count). The van der Waals surface area contributed by atoms with Crippen molar-refractivity contribution in [3.63, 3.8) is 0 Å². The first-order chi connectivity index (χ1) is 10.2. The predicted molar refractivity (Wildman–Crippen MR) is 82.2 cm³/mol. The van der Waals surface area contributed by atoms with Crippen LogP contribution in [0.4, 0.5) is 0 Å². The number of nitrogens with one attached hydrogen (secondary N) is 1. The summed E-state index contributed by atoms with van der Waals surface area (Å²) in [5.74, 6) is -1.60. The van der Waals surface area contributed by atoms with E-state index in [2.05, 4.69) is 10.1 Å². The second-order valence-electron chi connectivity index (χ2n) is 4.94. The Morgan fingerprint density at radius 1 is 1.18 bits per heavy atom. The third-order valence-electron chi connectivity index (χ3n) is 2.74. The molecule has 126 valence electrons. The summed E-state index contributed by atoms with van der Waals surface area (Å²) < 4.78 is 8.41. The maximum absolute atomic E-state index is 12.0. The van der Waals surface area contributed by atoms with Crippen LogP contribution in [0.3, 0.4) is 0 Å². The molecule has 1 unspecified atom stereocenters. The zero-order chi connectivity index (χ0) is 17.3. The highest BCUT2D eigenvalue weighted by atomic mass is 32.2. The Balaban J connectivity index is 5.06. The van der Waals surface area contributed by atoms with Crippen molar-refractivity contribution in [3.8, 4) is 0 Å². The van der Waals surface area contributed by atoms with E-state index in [0.29, 0.717) is 0 Å². The van der Waals surface area contributed by atoms with E-state index in [1.807, 2.05) is 0 Å². The van der Waals surface area contributed by atoms with Crippen molar-refractivity contribution < 1.29 is 28.7 Å². The van der Waals surface area contributed by atoms with Crippen LogP contribution in [-0.4, -0.2) is 47.5 Å². The van der Waals surface area contributed by atoms with Crippen molar-refractivity contribution in [2.24, 2.45) is 0 Å². The van der Waals surface area contributed by atoms with Gasteiger partial charge in [-0.15, -0.1) is 0 Å². The second-order valence-corrected chi connectivity index (χ2v) is 6.65. The Kier molecular flexibility index (Phi) is 8.77. The van der Waals surface area contributed by atoms with Crippen molar-refractivity contribution in [3.05, 3.63) is 0 Å². The van der Waals surface area contributed by atoms with Gasteiger partial charge in [-0.05, 0) is 20.8 Å². The van der Waals surface area contributed by atoms with E-state index in [4.69, 9.17) is 4.74 Å². The van der Waals surface area contributed by atoms with E-state index in [1.165, 1.54) is 7.11 Å². The standard InChI is InChI=1S/C14H23NO6S/c1-6-9(16)15-12(13(19)21-7-2)14(3,4)22-11(18)8-10(17)20-5/h12H,6-8H2,1-5H3,(H,15,16). The average Bonchev–Trinajstić information content (AvgIpc) is 2.43. The molecule has 0 radical (unpaired) electrons. The van der Waals surface area contributed by atoms with Gasteiger partial charge in [-0.1, -0.05) is 18.7 Å². The van der Waals surface area contributed by atoms with Gasteiger partial charge in [0.25, 0.3) is 0 Å². The number of thioether (sulfide) groups is 1. The fraction of sp³-hybridized carbons (Fsp3) is 0.714. The number of methoxy groups -OCH3 is 1. The molecule has 0 aliphatic rings. The number of hydrogen-bond donors (Lipinski definition) is 1. The highest BCUT2D eigenvalue weighted by Crippen LogP contribution is 2.31. The molecule has 1 amide bonds. The van der Waals surface area contributed by atoms with Crippen LogP contribution in [0.1, 0.15) is 40.5 Å². The average molecular weight is 333 g/mol. The van der Waals surface area contributed by atoms with Crippen molar-refractivity contribution in [2.45, 2.75) is 51.3 Å². The molecule has 0 aromatic heterocycles. The lowest BCUT2D eigenvalue weighted by atomic mass is 10.0. The molecule has 0 bridgehead atoms. The Labute approximate surface area is 134 Å². The van der Waals surface area contributed by atoms with Gasteiger partial charge in [-0.25, -0.2) is 4.79 Å². The summed E-state index contributed by atoms with van der Waals surface area (Å²) in [5.41, 5.74) is 0. The van der Waals surface area contributed by atoms with Crippen molar-refractivity contribution in [1.29, 1.82) is 0 Å². The molecule has 1 N–H and O–H groups in total. The van der Waals surface area contributed by atoms with Gasteiger partial charge in [0.2, 0.25) is 11.0 Å². The van der Waals surface area contributed by atoms with E-state index in [-0.39, 0.29) is 18.9 Å². The molecule has 22 heavy (non-hydrogen) atoms. The number of carbonyl (C=O) groups excluding carboxylic acids is 4. The third-order valence-corrected chi connectivity index (χ3v) is 3.87. The Morgan fingerprint density at radius 3 is 2.23 bits per heavy atom. The highest BCUT2D eigenvalue weighted by Gasteiger charge is 2.40. The minimum atomic E-state index is -0.994. The van der Waals surface area contributed by atoms with Gasteiger partial charge in [0.1, 0.15) is 12.5 Å². The van der Waals surface area contributed by atoms with Crippen molar-refractivity contribution >= 4 is 34.7 Å². The lowest BCUT2D eigenvalue weighted by Crippen LogP contribution is -2.53. The summed E-state index contributed by atoms with van der Waals surface area (Å²) in [6, 6.07) is -0.994. The molecule has 7 nitrogen and oxygen atoms in total. The normalized spacial score (nSPS) is 12.2. The number of amides is 1. The third kappa shape index (κ3) is 6.93. The second kappa shape index (κ2) is 9.45. The van der Waals surface area contributed by atoms with Gasteiger partial charge in [0.05, 0.1) is 13.7 Å². The molecule has 0 spiro atoms. The minimum Gasteiger partial charge on any atom is -0.469 e. The first-order valence-corrected chi connectivity index (χ1v) is 7.74. The van der Waals surface area contributed by atoms with Gasteiger partial charge < -0.3 is 14.8 Å². The van der Waals surface area contributed by atoms with Gasteiger partial charge >= 0.3 is 11.9 Å². The fourth-order valence-electron chi connectivity index (χ4n) is 1.58. The van der Waals surface area contributed by atoms with E-state index in [9.17, 15) is 19.2 Å². The molecule has 0 heterocycles. The maximum atomic E-state index is 12.0. The topological polar surface area (TPSA) is 98.8 Å². The number of esters is 2. The van der Waals surface area contributed by atoms with Gasteiger partial charge in [-0.2, -0.15) is 0 Å². The minimum absolute atomic E-state index is 0.161. The zero-order valence-electron chi connectivity index (χ0n) is 13.6. The van der Waals surface area contributed by atoms with Gasteiger partial charge in [0, 0.05) is 11.2 Å². The Morgan fingerprint density at radius 2 is 1.77 bits per heavy atom. The molecule has 0 aromatic carbocycles. The van der Waals surface area contributed by atoms with E-state index in [0.717, 1.165) is 11.8 Å². The molecule has 0 saturated carbocycles. The van der Waals surface area contributed by atoms with E-state index in [1.54, 1.807) is 27.7 Å². The van der Waals surface area contributed by atoms with Crippen LogP contribution in [0.25, 0.3) is 0 Å². The molecule has 0 saturated heterocycles. The molecule has 0 fully saturated rings. The lowest BCUT2D eigenvalue weighted by molar-refractivity contribution is -0.148. The van der Waals surface area contributed by atoms with Crippen molar-refractivity contribution in [2.75, 3.05) is 13.7 Å². The summed E-state index contributed by atoms with van der Waals surface area (Å²) >= 11 is 0.805. The number of rotatable bonds is 8. The Bertz CT molecular complexity index is 435. The van der Waals surface area contributed by atoms with Crippen molar-refractivity contribution in [1.82, 2.24) is 5.32 Å². The van der Waals surface area contributed by atoms with Crippen LogP contribution in [0.5, 0.6) is 0 Å². The van der Waals surface area contributed by atoms with Gasteiger partial charge in [0.15, 0.2) is 0 Å².